The summed E-state index contributed by atoms with van der Waals surface area (Å²) >= 11 is 6.19. The molecule has 0 aromatic rings. The first kappa shape index (κ1) is 14.0. The molecule has 0 spiro atoms. The summed E-state index contributed by atoms with van der Waals surface area (Å²) in [6.45, 7) is 2.12. The van der Waals surface area contributed by atoms with E-state index in [4.69, 9.17) is 11.6 Å². The topological polar surface area (TPSA) is 24.7 Å². The third-order valence-electron chi connectivity index (χ3n) is 4.33. The minimum absolute atomic E-state index is 0.425. The van der Waals surface area contributed by atoms with E-state index in [1.807, 2.05) is 0 Å². The van der Waals surface area contributed by atoms with Crippen LogP contribution in [0.2, 0.25) is 0 Å². The Morgan fingerprint density at radius 3 is 2.06 bits per heavy atom. The Morgan fingerprint density at radius 1 is 0.889 bits per heavy atom. The van der Waals surface area contributed by atoms with Gasteiger partial charge in [0.25, 0.3) is 0 Å². The van der Waals surface area contributed by atoms with Crippen molar-refractivity contribution in [2.45, 2.75) is 77.2 Å². The third kappa shape index (κ3) is 4.38. The molecule has 2 fully saturated rings. The minimum atomic E-state index is 0.425. The second-order valence-electron chi connectivity index (χ2n) is 5.78. The van der Waals surface area contributed by atoms with Crippen molar-refractivity contribution in [3.63, 3.8) is 0 Å². The Bertz CT molecular complexity index is 310. The SMILES string of the molecule is CC(=NC(Cl)=NC1CCCCC1)C1CCCCC1. The van der Waals surface area contributed by atoms with Gasteiger partial charge in [-0.05, 0) is 50.1 Å². The maximum absolute atomic E-state index is 6.19. The van der Waals surface area contributed by atoms with Crippen molar-refractivity contribution in [3.8, 4) is 0 Å². The van der Waals surface area contributed by atoms with Crippen molar-refractivity contribution in [3.05, 3.63) is 0 Å². The summed E-state index contributed by atoms with van der Waals surface area (Å²) in [6.07, 6.45) is 13.0. The molecule has 2 rings (SSSR count). The van der Waals surface area contributed by atoms with Gasteiger partial charge in [0.15, 0.2) is 0 Å². The molecule has 0 unspecified atom stereocenters. The molecule has 0 amide bonds. The highest BCUT2D eigenvalue weighted by molar-refractivity contribution is 6.65. The molecule has 2 aliphatic carbocycles. The van der Waals surface area contributed by atoms with Crippen LogP contribution in [0.5, 0.6) is 0 Å². The molecule has 2 nitrogen and oxygen atoms in total. The number of hydrogen-bond acceptors (Lipinski definition) is 1. The summed E-state index contributed by atoms with van der Waals surface area (Å²) < 4.78 is 0. The standard InChI is InChI=1S/C15H25ClN2/c1-12(13-8-4-2-5-9-13)17-15(16)18-14-10-6-3-7-11-14/h13-14H,2-11H2,1H3. The zero-order valence-corrected chi connectivity index (χ0v) is 12.3. The summed E-state index contributed by atoms with van der Waals surface area (Å²) in [5.41, 5.74) is 1.19. The summed E-state index contributed by atoms with van der Waals surface area (Å²) in [6, 6.07) is 0.425. The lowest BCUT2D eigenvalue weighted by molar-refractivity contribution is 0.438. The second-order valence-corrected chi connectivity index (χ2v) is 6.12. The van der Waals surface area contributed by atoms with E-state index in [0.29, 0.717) is 17.3 Å². The van der Waals surface area contributed by atoms with Crippen LogP contribution in [-0.4, -0.2) is 17.0 Å². The summed E-state index contributed by atoms with van der Waals surface area (Å²) in [7, 11) is 0. The molecule has 102 valence electrons. The predicted octanol–water partition coefficient (Wildman–Crippen LogP) is 4.96. The van der Waals surface area contributed by atoms with Crippen molar-refractivity contribution in [2.24, 2.45) is 15.9 Å². The van der Waals surface area contributed by atoms with Gasteiger partial charge < -0.3 is 0 Å². The molecule has 2 saturated carbocycles. The molecule has 18 heavy (non-hydrogen) atoms. The van der Waals surface area contributed by atoms with Crippen LogP contribution in [0.25, 0.3) is 0 Å². The van der Waals surface area contributed by atoms with Gasteiger partial charge >= 0.3 is 0 Å². The van der Waals surface area contributed by atoms with Gasteiger partial charge in [-0.25, -0.2) is 4.99 Å². The van der Waals surface area contributed by atoms with E-state index in [9.17, 15) is 0 Å². The quantitative estimate of drug-likeness (QED) is 0.384. The Kier molecular flexibility index (Phi) is 5.68. The maximum Gasteiger partial charge on any atom is 0.217 e. The van der Waals surface area contributed by atoms with Gasteiger partial charge in [0, 0.05) is 5.71 Å². The molecule has 2 aliphatic rings. The second kappa shape index (κ2) is 7.28. The molecular formula is C15H25ClN2. The average molecular weight is 269 g/mol. The van der Waals surface area contributed by atoms with Gasteiger partial charge in [0.05, 0.1) is 6.04 Å². The Hall–Kier alpha value is -0.370. The molecule has 0 heterocycles. The van der Waals surface area contributed by atoms with E-state index < -0.39 is 0 Å². The number of amidine groups is 1. The fourth-order valence-corrected chi connectivity index (χ4v) is 3.42. The number of nitrogens with zero attached hydrogens (tertiary/aromatic N) is 2. The molecule has 0 aliphatic heterocycles. The van der Waals surface area contributed by atoms with Crippen LogP contribution in [-0.2, 0) is 0 Å². The van der Waals surface area contributed by atoms with Crippen LogP contribution in [0.3, 0.4) is 0 Å². The Balaban J connectivity index is 1.90. The van der Waals surface area contributed by atoms with Crippen LogP contribution in [0.1, 0.15) is 71.1 Å². The zero-order chi connectivity index (χ0) is 12.8. The summed E-state index contributed by atoms with van der Waals surface area (Å²) in [4.78, 5) is 9.09. The molecule has 0 aromatic heterocycles. The van der Waals surface area contributed by atoms with Crippen LogP contribution < -0.4 is 0 Å². The Morgan fingerprint density at radius 2 is 1.44 bits per heavy atom. The van der Waals surface area contributed by atoms with E-state index in [-0.39, 0.29) is 0 Å². The average Bonchev–Trinajstić information content (AvgIpc) is 2.40. The summed E-state index contributed by atoms with van der Waals surface area (Å²) in [5.74, 6) is 0.647. The van der Waals surface area contributed by atoms with Gasteiger partial charge in [-0.1, -0.05) is 38.5 Å². The van der Waals surface area contributed by atoms with E-state index in [0.717, 1.165) is 0 Å². The van der Waals surface area contributed by atoms with Crippen molar-refractivity contribution in [1.29, 1.82) is 0 Å². The molecule has 0 radical (unpaired) electrons. The normalized spacial score (nSPS) is 25.4. The highest BCUT2D eigenvalue weighted by Crippen LogP contribution is 2.25. The highest BCUT2D eigenvalue weighted by atomic mass is 35.5. The largest absolute Gasteiger partial charge is 0.253 e. The van der Waals surface area contributed by atoms with E-state index >= 15 is 0 Å². The molecule has 0 bridgehead atoms. The van der Waals surface area contributed by atoms with Crippen LogP contribution in [0.15, 0.2) is 9.98 Å². The van der Waals surface area contributed by atoms with Crippen LogP contribution in [0.4, 0.5) is 0 Å². The first-order valence-electron chi connectivity index (χ1n) is 7.54. The lowest BCUT2D eigenvalue weighted by atomic mass is 9.86. The van der Waals surface area contributed by atoms with Crippen molar-refractivity contribution in [2.75, 3.05) is 0 Å². The summed E-state index contributed by atoms with van der Waals surface area (Å²) in [5, 5.41) is 0.491. The highest BCUT2D eigenvalue weighted by Gasteiger charge is 2.17. The van der Waals surface area contributed by atoms with Crippen molar-refractivity contribution >= 4 is 22.6 Å². The molecule has 0 atom stereocenters. The van der Waals surface area contributed by atoms with E-state index in [1.54, 1.807) is 0 Å². The Labute approximate surface area is 116 Å². The lowest BCUT2D eigenvalue weighted by Crippen LogP contribution is -2.16. The molecule has 0 aromatic carbocycles. The van der Waals surface area contributed by atoms with Gasteiger partial charge in [0.1, 0.15) is 0 Å². The third-order valence-corrected chi connectivity index (χ3v) is 4.51. The van der Waals surface area contributed by atoms with Crippen molar-refractivity contribution in [1.82, 2.24) is 0 Å². The number of halogens is 1. The van der Waals surface area contributed by atoms with Gasteiger partial charge in [0.2, 0.25) is 5.29 Å². The van der Waals surface area contributed by atoms with E-state index in [1.165, 1.54) is 69.9 Å². The van der Waals surface area contributed by atoms with Gasteiger partial charge in [-0.2, -0.15) is 0 Å². The van der Waals surface area contributed by atoms with Crippen molar-refractivity contribution < 1.29 is 0 Å². The fourth-order valence-electron chi connectivity index (χ4n) is 3.15. The lowest BCUT2D eigenvalue weighted by Gasteiger charge is -2.21. The van der Waals surface area contributed by atoms with Crippen LogP contribution >= 0.6 is 11.6 Å². The molecule has 0 saturated heterocycles. The number of hydrogen-bond donors (Lipinski definition) is 0. The minimum Gasteiger partial charge on any atom is -0.253 e. The first-order chi connectivity index (χ1) is 8.75. The smallest absolute Gasteiger partial charge is 0.217 e. The maximum atomic E-state index is 6.19. The zero-order valence-electron chi connectivity index (χ0n) is 11.5. The van der Waals surface area contributed by atoms with Gasteiger partial charge in [-0.15, -0.1) is 0 Å². The number of aliphatic imine (C=N–C) groups is 2. The molecule has 0 N–H and O–H groups in total. The van der Waals surface area contributed by atoms with Gasteiger partial charge in [-0.3, -0.25) is 4.99 Å². The first-order valence-corrected chi connectivity index (χ1v) is 7.92. The number of rotatable bonds is 2. The molecular weight excluding hydrogens is 244 g/mol. The molecule has 3 heteroatoms. The fraction of sp³-hybridized carbons (Fsp3) is 0.867. The van der Waals surface area contributed by atoms with Crippen LogP contribution in [0, 0.1) is 5.92 Å². The van der Waals surface area contributed by atoms with E-state index in [2.05, 4.69) is 16.9 Å². The predicted molar refractivity (Wildman–Crippen MR) is 79.8 cm³/mol. The monoisotopic (exact) mass is 268 g/mol.